The molecule has 0 nitrogen and oxygen atoms in total. The Hall–Kier alpha value is -2.86. The maximum Gasteiger partial charge on any atom is -0.00992 e. The van der Waals surface area contributed by atoms with Gasteiger partial charge in [0, 0.05) is 0 Å². The first-order valence-electron chi connectivity index (χ1n) is 7.39. The Kier molecular flexibility index (Phi) is 4.63. The number of rotatable bonds is 1. The van der Waals surface area contributed by atoms with Gasteiger partial charge in [-0.1, -0.05) is 103 Å². The summed E-state index contributed by atoms with van der Waals surface area (Å²) in [4.78, 5) is 0. The van der Waals surface area contributed by atoms with E-state index in [9.17, 15) is 0 Å². The smallest absolute Gasteiger partial charge is 0.00992 e. The number of benzene rings is 4. The van der Waals surface area contributed by atoms with Gasteiger partial charge in [0.15, 0.2) is 0 Å². The van der Waals surface area contributed by atoms with Crippen molar-refractivity contribution in [1.82, 2.24) is 0 Å². The molecule has 4 rings (SSSR count). The molecule has 0 heteroatoms. The highest BCUT2D eigenvalue weighted by Crippen LogP contribution is 2.17. The zero-order valence-corrected chi connectivity index (χ0v) is 12.3. The van der Waals surface area contributed by atoms with Crippen molar-refractivity contribution >= 4 is 10.8 Å². The molecule has 4 aromatic carbocycles. The Morgan fingerprint density at radius 3 is 1.55 bits per heavy atom. The Balaban J connectivity index is 0.000000133. The van der Waals surface area contributed by atoms with Crippen LogP contribution in [0.3, 0.4) is 0 Å². The number of hydrogen-bond acceptors (Lipinski definition) is 0. The fourth-order valence-corrected chi connectivity index (χ4v) is 2.32. The highest BCUT2D eigenvalue weighted by molar-refractivity contribution is 5.81. The van der Waals surface area contributed by atoms with Gasteiger partial charge >= 0.3 is 0 Å². The number of hydrogen-bond donors (Lipinski definition) is 0. The molecule has 0 aliphatic carbocycles. The zero-order valence-electron chi connectivity index (χ0n) is 12.3. The lowest BCUT2D eigenvalue weighted by atomic mass is 10.1. The van der Waals surface area contributed by atoms with Crippen molar-refractivity contribution in [1.29, 1.82) is 0 Å². The Bertz CT molecular complexity index is 715. The van der Waals surface area contributed by atoms with E-state index >= 15 is 0 Å². The first-order valence-corrected chi connectivity index (χ1v) is 7.39. The lowest BCUT2D eigenvalue weighted by molar-refractivity contribution is 1.62. The van der Waals surface area contributed by atoms with Gasteiger partial charge in [-0.05, 0) is 28.0 Å². The normalized spacial score (nSPS) is 9.82. The third kappa shape index (κ3) is 3.62. The minimum Gasteiger partial charge on any atom is -0.0622 e. The molecule has 0 bridgehead atoms. The molecule has 0 atom stereocenters. The van der Waals surface area contributed by atoms with Crippen LogP contribution in [0.25, 0.3) is 21.9 Å². The first kappa shape index (κ1) is 14.1. The van der Waals surface area contributed by atoms with Gasteiger partial charge in [0.05, 0.1) is 0 Å². The SMILES string of the molecule is [c]1cccc2ccccc12.c1ccc(-c2ccccc2)cc1. The van der Waals surface area contributed by atoms with Gasteiger partial charge in [0.25, 0.3) is 0 Å². The summed E-state index contributed by atoms with van der Waals surface area (Å²) in [5, 5.41) is 2.44. The molecule has 0 aromatic heterocycles. The lowest BCUT2D eigenvalue weighted by Gasteiger charge is -1.98. The van der Waals surface area contributed by atoms with Crippen LogP contribution in [0.2, 0.25) is 0 Å². The van der Waals surface area contributed by atoms with Crippen LogP contribution in [0.1, 0.15) is 0 Å². The molecule has 0 fully saturated rings. The summed E-state index contributed by atoms with van der Waals surface area (Å²) in [7, 11) is 0. The Labute approximate surface area is 131 Å². The van der Waals surface area contributed by atoms with Crippen LogP contribution < -0.4 is 0 Å². The van der Waals surface area contributed by atoms with Gasteiger partial charge in [0.1, 0.15) is 0 Å². The fraction of sp³-hybridized carbons (Fsp3) is 0. The van der Waals surface area contributed by atoms with Crippen LogP contribution in [-0.2, 0) is 0 Å². The molecule has 0 spiro atoms. The van der Waals surface area contributed by atoms with Gasteiger partial charge in [-0.2, -0.15) is 0 Å². The summed E-state index contributed by atoms with van der Waals surface area (Å²) in [6, 6.07) is 38.2. The molecule has 0 N–H and O–H groups in total. The largest absolute Gasteiger partial charge is 0.0622 e. The van der Waals surface area contributed by atoms with Crippen LogP contribution in [0, 0.1) is 6.07 Å². The number of fused-ring (bicyclic) bond motifs is 1. The van der Waals surface area contributed by atoms with Crippen LogP contribution in [0.15, 0.2) is 103 Å². The second kappa shape index (κ2) is 7.24. The van der Waals surface area contributed by atoms with Crippen molar-refractivity contribution in [3.05, 3.63) is 109 Å². The van der Waals surface area contributed by atoms with E-state index < -0.39 is 0 Å². The summed E-state index contributed by atoms with van der Waals surface area (Å²) in [5.41, 5.74) is 2.55. The van der Waals surface area contributed by atoms with E-state index in [1.54, 1.807) is 0 Å². The third-order valence-corrected chi connectivity index (χ3v) is 3.45. The molecule has 1 radical (unpaired) electrons. The summed E-state index contributed by atoms with van der Waals surface area (Å²) in [6.45, 7) is 0. The topological polar surface area (TPSA) is 0 Å². The summed E-state index contributed by atoms with van der Waals surface area (Å²) in [5.74, 6) is 0. The minimum atomic E-state index is 1.19. The van der Waals surface area contributed by atoms with Crippen LogP contribution in [-0.4, -0.2) is 0 Å². The lowest BCUT2D eigenvalue weighted by Crippen LogP contribution is -1.73. The van der Waals surface area contributed by atoms with Crippen LogP contribution in [0.4, 0.5) is 0 Å². The molecule has 0 unspecified atom stereocenters. The molecular weight excluding hydrogens is 264 g/mol. The fourth-order valence-electron chi connectivity index (χ4n) is 2.32. The molecule has 4 aromatic rings. The van der Waals surface area contributed by atoms with Crippen molar-refractivity contribution < 1.29 is 0 Å². The van der Waals surface area contributed by atoms with Crippen LogP contribution in [0.5, 0.6) is 0 Å². The summed E-state index contributed by atoms with van der Waals surface area (Å²) in [6.07, 6.45) is 0. The molecule has 0 aliphatic heterocycles. The standard InChI is InChI=1S/C12H10.C10H7/c1-3-7-11(8-4-1)12-9-5-2-6-10-12;1-2-6-10-8-4-3-7-9(10)5-1/h1-10H;1-7H. The minimum absolute atomic E-state index is 1.19. The molecule has 105 valence electrons. The monoisotopic (exact) mass is 281 g/mol. The van der Waals surface area contributed by atoms with Gasteiger partial charge in [0.2, 0.25) is 0 Å². The quantitative estimate of drug-likeness (QED) is 0.402. The van der Waals surface area contributed by atoms with E-state index in [0.29, 0.717) is 0 Å². The van der Waals surface area contributed by atoms with Crippen LogP contribution >= 0.6 is 0 Å². The molecule has 0 amide bonds. The molecule has 0 saturated heterocycles. The molecule has 0 saturated carbocycles. The highest BCUT2D eigenvalue weighted by Gasteiger charge is 1.91. The Morgan fingerprint density at radius 2 is 0.955 bits per heavy atom. The highest BCUT2D eigenvalue weighted by atomic mass is 14.0. The van der Waals surface area contributed by atoms with E-state index in [1.807, 2.05) is 36.4 Å². The van der Waals surface area contributed by atoms with Gasteiger partial charge in [-0.3, -0.25) is 0 Å². The first-order chi connectivity index (χ1) is 10.9. The third-order valence-electron chi connectivity index (χ3n) is 3.45. The summed E-state index contributed by atoms with van der Waals surface area (Å²) < 4.78 is 0. The second-order valence-corrected chi connectivity index (χ2v) is 4.99. The maximum absolute atomic E-state index is 3.15. The van der Waals surface area contributed by atoms with Gasteiger partial charge in [-0.15, -0.1) is 0 Å². The van der Waals surface area contributed by atoms with Crippen molar-refractivity contribution in [3.63, 3.8) is 0 Å². The van der Waals surface area contributed by atoms with Gasteiger partial charge < -0.3 is 0 Å². The van der Waals surface area contributed by atoms with Crippen molar-refractivity contribution in [2.24, 2.45) is 0 Å². The predicted octanol–water partition coefficient (Wildman–Crippen LogP) is 5.99. The van der Waals surface area contributed by atoms with Crippen molar-refractivity contribution in [2.75, 3.05) is 0 Å². The van der Waals surface area contributed by atoms with E-state index in [0.717, 1.165) is 0 Å². The van der Waals surface area contributed by atoms with E-state index in [1.165, 1.54) is 21.9 Å². The Morgan fingerprint density at radius 1 is 0.455 bits per heavy atom. The van der Waals surface area contributed by atoms with Gasteiger partial charge in [-0.25, -0.2) is 0 Å². The average molecular weight is 281 g/mol. The molecule has 0 heterocycles. The van der Waals surface area contributed by atoms with Crippen molar-refractivity contribution in [3.8, 4) is 11.1 Å². The van der Waals surface area contributed by atoms with E-state index in [4.69, 9.17) is 0 Å². The van der Waals surface area contributed by atoms with E-state index in [2.05, 4.69) is 72.8 Å². The van der Waals surface area contributed by atoms with Crippen molar-refractivity contribution in [2.45, 2.75) is 0 Å². The zero-order chi connectivity index (χ0) is 15.0. The molecule has 22 heavy (non-hydrogen) atoms. The molecular formula is C22H17. The average Bonchev–Trinajstić information content (AvgIpc) is 2.64. The maximum atomic E-state index is 3.15. The molecule has 0 aliphatic rings. The summed E-state index contributed by atoms with van der Waals surface area (Å²) >= 11 is 0. The predicted molar refractivity (Wildman–Crippen MR) is 94.7 cm³/mol. The van der Waals surface area contributed by atoms with E-state index in [-0.39, 0.29) is 0 Å². The second-order valence-electron chi connectivity index (χ2n) is 4.99.